The highest BCUT2D eigenvalue weighted by molar-refractivity contribution is 7.13. The van der Waals surface area contributed by atoms with Crippen molar-refractivity contribution in [3.63, 3.8) is 0 Å². The van der Waals surface area contributed by atoms with E-state index in [-0.39, 0.29) is 5.84 Å². The predicted molar refractivity (Wildman–Crippen MR) is 63.7 cm³/mol. The van der Waals surface area contributed by atoms with E-state index in [0.717, 1.165) is 10.6 Å². The lowest BCUT2D eigenvalue weighted by Gasteiger charge is -2.18. The summed E-state index contributed by atoms with van der Waals surface area (Å²) in [5, 5.41) is 8.64. The predicted octanol–water partition coefficient (Wildman–Crippen LogP) is 2.78. The monoisotopic (exact) mass is 223 g/mol. The Hall–Kier alpha value is -0.900. The first-order chi connectivity index (χ1) is 7.18. The second-order valence-corrected chi connectivity index (χ2v) is 5.25. The van der Waals surface area contributed by atoms with Gasteiger partial charge in [-0.2, -0.15) is 0 Å². The molecule has 0 unspecified atom stereocenters. The van der Waals surface area contributed by atoms with Crippen LogP contribution in [0.25, 0.3) is 0 Å². The smallest absolute Gasteiger partial charge is 0.135 e. The summed E-state index contributed by atoms with van der Waals surface area (Å²) in [5.74, 6) is 0.780. The molecule has 0 aliphatic heterocycles. The quantitative estimate of drug-likeness (QED) is 0.598. The Kier molecular flexibility index (Phi) is 3.05. The molecule has 1 aliphatic rings. The summed E-state index contributed by atoms with van der Waals surface area (Å²) < 4.78 is 0. The van der Waals surface area contributed by atoms with Gasteiger partial charge in [-0.1, -0.05) is 19.3 Å². The molecular weight excluding hydrogens is 206 g/mol. The van der Waals surface area contributed by atoms with Gasteiger partial charge < -0.3 is 5.73 Å². The summed E-state index contributed by atoms with van der Waals surface area (Å²) in [5.41, 5.74) is 6.44. The van der Waals surface area contributed by atoms with E-state index >= 15 is 0 Å². The molecule has 0 atom stereocenters. The Morgan fingerprint density at radius 1 is 1.40 bits per heavy atom. The first-order valence-electron chi connectivity index (χ1n) is 5.50. The van der Waals surface area contributed by atoms with Crippen molar-refractivity contribution in [3.05, 3.63) is 15.6 Å². The van der Waals surface area contributed by atoms with Crippen molar-refractivity contribution in [2.45, 2.75) is 44.9 Å². The van der Waals surface area contributed by atoms with Crippen LogP contribution in [0.5, 0.6) is 0 Å². The van der Waals surface area contributed by atoms with Crippen molar-refractivity contribution in [2.75, 3.05) is 0 Å². The van der Waals surface area contributed by atoms with Crippen molar-refractivity contribution < 1.29 is 0 Å². The van der Waals surface area contributed by atoms with Gasteiger partial charge in [0.25, 0.3) is 0 Å². The Labute approximate surface area is 94.2 Å². The molecule has 0 saturated heterocycles. The van der Waals surface area contributed by atoms with Gasteiger partial charge in [-0.25, -0.2) is 4.98 Å². The topological polar surface area (TPSA) is 62.8 Å². The van der Waals surface area contributed by atoms with E-state index < -0.39 is 0 Å². The second-order valence-electron chi connectivity index (χ2n) is 4.22. The Bertz CT molecular complexity index is 364. The summed E-state index contributed by atoms with van der Waals surface area (Å²) in [6, 6.07) is 0. The van der Waals surface area contributed by atoms with Crippen LogP contribution in [-0.2, 0) is 0 Å². The number of amidine groups is 1. The lowest BCUT2D eigenvalue weighted by molar-refractivity contribution is 0.442. The molecule has 1 aromatic rings. The van der Waals surface area contributed by atoms with Crippen molar-refractivity contribution in [2.24, 2.45) is 5.73 Å². The third-order valence-corrected chi connectivity index (χ3v) is 4.37. The molecule has 1 saturated carbocycles. The van der Waals surface area contributed by atoms with Gasteiger partial charge in [0, 0.05) is 5.92 Å². The van der Waals surface area contributed by atoms with Crippen molar-refractivity contribution in [3.8, 4) is 0 Å². The van der Waals surface area contributed by atoms with Crippen LogP contribution in [0, 0.1) is 12.3 Å². The van der Waals surface area contributed by atoms with E-state index in [1.165, 1.54) is 37.1 Å². The van der Waals surface area contributed by atoms with Gasteiger partial charge in [-0.3, -0.25) is 5.41 Å². The van der Waals surface area contributed by atoms with Gasteiger partial charge in [0.2, 0.25) is 0 Å². The van der Waals surface area contributed by atoms with Crippen LogP contribution in [0.15, 0.2) is 0 Å². The molecule has 3 N–H and O–H groups in total. The minimum atomic E-state index is 0.159. The molecule has 0 bridgehead atoms. The minimum absolute atomic E-state index is 0.159. The number of hydrogen-bond acceptors (Lipinski definition) is 3. The highest BCUT2D eigenvalue weighted by Gasteiger charge is 2.20. The minimum Gasteiger partial charge on any atom is -0.383 e. The molecule has 1 heterocycles. The molecule has 3 nitrogen and oxygen atoms in total. The number of nitrogens with two attached hydrogens (primary N) is 1. The average molecular weight is 223 g/mol. The normalized spacial score (nSPS) is 17.9. The van der Waals surface area contributed by atoms with E-state index in [4.69, 9.17) is 11.1 Å². The Morgan fingerprint density at radius 2 is 2.07 bits per heavy atom. The van der Waals surface area contributed by atoms with Gasteiger partial charge >= 0.3 is 0 Å². The van der Waals surface area contributed by atoms with Crippen LogP contribution in [-0.4, -0.2) is 10.8 Å². The summed E-state index contributed by atoms with van der Waals surface area (Å²) in [4.78, 5) is 5.41. The van der Waals surface area contributed by atoms with Crippen LogP contribution in [0.3, 0.4) is 0 Å². The number of thiazole rings is 1. The molecule has 0 spiro atoms. The van der Waals surface area contributed by atoms with E-state index in [1.54, 1.807) is 11.3 Å². The maximum absolute atomic E-state index is 7.45. The highest BCUT2D eigenvalue weighted by atomic mass is 32.1. The fourth-order valence-electron chi connectivity index (χ4n) is 2.19. The summed E-state index contributed by atoms with van der Waals surface area (Å²) in [7, 11) is 0. The lowest BCUT2D eigenvalue weighted by Crippen LogP contribution is -2.10. The van der Waals surface area contributed by atoms with Crippen molar-refractivity contribution in [1.29, 1.82) is 5.41 Å². The third kappa shape index (κ3) is 2.20. The Balaban J connectivity index is 2.21. The van der Waals surface area contributed by atoms with Gasteiger partial charge in [-0.15, -0.1) is 11.3 Å². The van der Waals surface area contributed by atoms with E-state index in [0.29, 0.717) is 5.92 Å². The van der Waals surface area contributed by atoms with E-state index in [2.05, 4.69) is 4.98 Å². The fourth-order valence-corrected chi connectivity index (χ4v) is 3.29. The third-order valence-electron chi connectivity index (χ3n) is 3.01. The summed E-state index contributed by atoms with van der Waals surface area (Å²) in [6.45, 7) is 1.94. The Morgan fingerprint density at radius 3 is 2.60 bits per heavy atom. The van der Waals surface area contributed by atoms with Crippen molar-refractivity contribution >= 4 is 17.2 Å². The number of nitrogen functional groups attached to an aromatic ring is 1. The molecule has 0 radical (unpaired) electrons. The number of rotatable bonds is 2. The van der Waals surface area contributed by atoms with Crippen LogP contribution in [0.4, 0.5) is 0 Å². The first kappa shape index (κ1) is 10.6. The number of aromatic nitrogens is 1. The van der Waals surface area contributed by atoms with Gasteiger partial charge in [0.15, 0.2) is 0 Å². The number of nitrogens with zero attached hydrogens (tertiary/aromatic N) is 1. The maximum atomic E-state index is 7.45. The molecule has 2 rings (SSSR count). The standard InChI is InChI=1S/C11H17N3S/c1-7-9(10(12)13)15-11(14-7)8-5-3-2-4-6-8/h8H,2-6H2,1H3,(H3,12,13). The van der Waals surface area contributed by atoms with Crippen LogP contribution in [0.2, 0.25) is 0 Å². The van der Waals surface area contributed by atoms with Crippen LogP contribution < -0.4 is 5.73 Å². The molecule has 1 aromatic heterocycles. The number of aryl methyl sites for hydroxylation is 1. The molecule has 1 fully saturated rings. The molecule has 15 heavy (non-hydrogen) atoms. The van der Waals surface area contributed by atoms with E-state index in [1.807, 2.05) is 6.92 Å². The molecule has 4 heteroatoms. The molecule has 82 valence electrons. The molecular formula is C11H17N3S. The lowest BCUT2D eigenvalue weighted by atomic mass is 9.90. The van der Waals surface area contributed by atoms with Gasteiger partial charge in [0.1, 0.15) is 5.84 Å². The summed E-state index contributed by atoms with van der Waals surface area (Å²) in [6.07, 6.45) is 6.51. The zero-order valence-electron chi connectivity index (χ0n) is 9.05. The van der Waals surface area contributed by atoms with Crippen LogP contribution >= 0.6 is 11.3 Å². The second kappa shape index (κ2) is 4.31. The number of hydrogen-bond donors (Lipinski definition) is 2. The summed E-state index contributed by atoms with van der Waals surface area (Å²) >= 11 is 1.61. The van der Waals surface area contributed by atoms with Crippen molar-refractivity contribution in [1.82, 2.24) is 4.98 Å². The van der Waals surface area contributed by atoms with Crippen LogP contribution in [0.1, 0.15) is 53.6 Å². The first-order valence-corrected chi connectivity index (χ1v) is 6.32. The zero-order chi connectivity index (χ0) is 10.8. The average Bonchev–Trinajstić information content (AvgIpc) is 2.62. The maximum Gasteiger partial charge on any atom is 0.135 e. The SMILES string of the molecule is Cc1nc(C2CCCCC2)sc1C(=N)N. The van der Waals surface area contributed by atoms with E-state index in [9.17, 15) is 0 Å². The molecule has 0 aromatic carbocycles. The highest BCUT2D eigenvalue weighted by Crippen LogP contribution is 2.35. The zero-order valence-corrected chi connectivity index (χ0v) is 9.86. The van der Waals surface area contributed by atoms with Gasteiger partial charge in [0.05, 0.1) is 15.6 Å². The fraction of sp³-hybridized carbons (Fsp3) is 0.636. The molecule has 1 aliphatic carbocycles. The largest absolute Gasteiger partial charge is 0.383 e. The van der Waals surface area contributed by atoms with Gasteiger partial charge in [-0.05, 0) is 19.8 Å². The molecule has 0 amide bonds. The number of nitrogens with one attached hydrogen (secondary N) is 1.